The average Bonchev–Trinajstić information content (AvgIpc) is 2.44. The van der Waals surface area contributed by atoms with E-state index in [2.05, 4.69) is 21.4 Å². The third-order valence-corrected chi connectivity index (χ3v) is 3.09. The molecular weight excluding hydrogens is 284 g/mol. The predicted octanol–water partition coefficient (Wildman–Crippen LogP) is 3.91. The molecule has 0 bridgehead atoms. The minimum absolute atomic E-state index is 0.165. The van der Waals surface area contributed by atoms with E-state index >= 15 is 0 Å². The fourth-order valence-corrected chi connectivity index (χ4v) is 1.97. The molecule has 0 aliphatic rings. The molecule has 108 valence electrons. The van der Waals surface area contributed by atoms with Crippen molar-refractivity contribution in [3.8, 4) is 6.07 Å². The molecule has 1 heterocycles. The number of aromatic nitrogens is 2. The summed E-state index contributed by atoms with van der Waals surface area (Å²) in [5, 5.41) is 12.5. The smallest absolute Gasteiger partial charge is 0.137 e. The van der Waals surface area contributed by atoms with E-state index in [4.69, 9.17) is 16.9 Å². The Bertz CT molecular complexity index is 683. The molecule has 0 unspecified atom stereocenters. The highest BCUT2D eigenvalue weighted by Gasteiger charge is 2.18. The SMILES string of the molecule is CC(C)(C)c1nc(Cl)cc(NCc2cccc(C#N)c2)n1. The first-order valence-corrected chi connectivity index (χ1v) is 7.04. The van der Waals surface area contributed by atoms with Gasteiger partial charge in [-0.15, -0.1) is 0 Å². The van der Waals surface area contributed by atoms with Crippen LogP contribution in [-0.2, 0) is 12.0 Å². The molecule has 0 aliphatic heterocycles. The molecule has 0 saturated heterocycles. The van der Waals surface area contributed by atoms with Gasteiger partial charge in [0.05, 0.1) is 11.6 Å². The van der Waals surface area contributed by atoms with E-state index in [0.29, 0.717) is 28.9 Å². The predicted molar refractivity (Wildman–Crippen MR) is 84.2 cm³/mol. The quantitative estimate of drug-likeness (QED) is 0.873. The van der Waals surface area contributed by atoms with Crippen LogP contribution >= 0.6 is 11.6 Å². The van der Waals surface area contributed by atoms with Crippen LogP contribution in [-0.4, -0.2) is 9.97 Å². The van der Waals surface area contributed by atoms with E-state index in [-0.39, 0.29) is 5.41 Å². The maximum atomic E-state index is 8.90. The van der Waals surface area contributed by atoms with E-state index in [1.165, 1.54) is 0 Å². The first kappa shape index (κ1) is 15.3. The number of benzene rings is 1. The number of halogens is 1. The van der Waals surface area contributed by atoms with Gasteiger partial charge in [-0.1, -0.05) is 44.5 Å². The standard InChI is InChI=1S/C16H17ClN4/c1-16(2,3)15-20-13(17)8-14(21-15)19-10-12-6-4-5-11(7-12)9-18/h4-8H,10H2,1-3H3,(H,19,20,21). The van der Waals surface area contributed by atoms with Crippen LogP contribution in [0, 0.1) is 11.3 Å². The van der Waals surface area contributed by atoms with Crippen molar-refractivity contribution < 1.29 is 0 Å². The van der Waals surface area contributed by atoms with E-state index in [1.807, 2.05) is 39.0 Å². The summed E-state index contributed by atoms with van der Waals surface area (Å²) < 4.78 is 0. The number of anilines is 1. The Morgan fingerprint density at radius 3 is 2.67 bits per heavy atom. The molecule has 4 nitrogen and oxygen atoms in total. The van der Waals surface area contributed by atoms with Crippen molar-refractivity contribution in [1.82, 2.24) is 9.97 Å². The van der Waals surface area contributed by atoms with Gasteiger partial charge in [-0.05, 0) is 17.7 Å². The van der Waals surface area contributed by atoms with Crippen molar-refractivity contribution in [1.29, 1.82) is 5.26 Å². The first-order valence-electron chi connectivity index (χ1n) is 6.66. The summed E-state index contributed by atoms with van der Waals surface area (Å²) in [6.45, 7) is 6.70. The fraction of sp³-hybridized carbons (Fsp3) is 0.312. The van der Waals surface area contributed by atoms with Crippen molar-refractivity contribution >= 4 is 17.4 Å². The van der Waals surface area contributed by atoms with Gasteiger partial charge in [-0.3, -0.25) is 0 Å². The lowest BCUT2D eigenvalue weighted by Gasteiger charge is -2.17. The molecule has 0 amide bonds. The zero-order valence-electron chi connectivity index (χ0n) is 12.3. The van der Waals surface area contributed by atoms with Crippen LogP contribution in [0.4, 0.5) is 5.82 Å². The molecule has 0 atom stereocenters. The van der Waals surface area contributed by atoms with Crippen molar-refractivity contribution in [3.05, 3.63) is 52.4 Å². The highest BCUT2D eigenvalue weighted by atomic mass is 35.5. The van der Waals surface area contributed by atoms with E-state index < -0.39 is 0 Å². The molecular formula is C16H17ClN4. The van der Waals surface area contributed by atoms with Gasteiger partial charge >= 0.3 is 0 Å². The first-order chi connectivity index (χ1) is 9.88. The van der Waals surface area contributed by atoms with Gasteiger partial charge in [-0.2, -0.15) is 5.26 Å². The molecule has 0 saturated carbocycles. The fourth-order valence-electron chi connectivity index (χ4n) is 1.79. The Hall–Kier alpha value is -2.12. The van der Waals surface area contributed by atoms with Gasteiger partial charge in [-0.25, -0.2) is 9.97 Å². The summed E-state index contributed by atoms with van der Waals surface area (Å²) in [5.74, 6) is 1.38. The van der Waals surface area contributed by atoms with Crippen LogP contribution < -0.4 is 5.32 Å². The number of nitrogens with one attached hydrogen (secondary N) is 1. The summed E-state index contributed by atoms with van der Waals surface area (Å²) in [6, 6.07) is 11.3. The Labute approximate surface area is 129 Å². The summed E-state index contributed by atoms with van der Waals surface area (Å²) >= 11 is 6.05. The number of nitriles is 1. The van der Waals surface area contributed by atoms with Crippen LogP contribution in [0.5, 0.6) is 0 Å². The minimum atomic E-state index is -0.165. The molecule has 21 heavy (non-hydrogen) atoms. The third kappa shape index (κ3) is 4.17. The van der Waals surface area contributed by atoms with Crippen LogP contribution in [0.25, 0.3) is 0 Å². The maximum absolute atomic E-state index is 8.90. The second-order valence-corrected chi connectivity index (χ2v) is 6.20. The van der Waals surface area contributed by atoms with Crippen LogP contribution in [0.3, 0.4) is 0 Å². The molecule has 1 N–H and O–H groups in total. The molecule has 2 aromatic rings. The van der Waals surface area contributed by atoms with E-state index in [1.54, 1.807) is 12.1 Å². The molecule has 0 aliphatic carbocycles. The van der Waals surface area contributed by atoms with Gasteiger partial charge in [0.2, 0.25) is 0 Å². The zero-order chi connectivity index (χ0) is 15.5. The van der Waals surface area contributed by atoms with Gasteiger partial charge in [0, 0.05) is 18.0 Å². The molecule has 1 aromatic heterocycles. The Kier molecular flexibility index (Phi) is 4.44. The lowest BCUT2D eigenvalue weighted by Crippen LogP contribution is -2.17. The zero-order valence-corrected chi connectivity index (χ0v) is 13.1. The van der Waals surface area contributed by atoms with Crippen molar-refractivity contribution in [3.63, 3.8) is 0 Å². The highest BCUT2D eigenvalue weighted by Crippen LogP contribution is 2.22. The molecule has 1 aromatic carbocycles. The Balaban J connectivity index is 2.16. The lowest BCUT2D eigenvalue weighted by atomic mass is 9.96. The number of hydrogen-bond donors (Lipinski definition) is 1. The lowest BCUT2D eigenvalue weighted by molar-refractivity contribution is 0.546. The molecule has 5 heteroatoms. The topological polar surface area (TPSA) is 61.6 Å². The van der Waals surface area contributed by atoms with E-state index in [9.17, 15) is 0 Å². The van der Waals surface area contributed by atoms with Crippen LogP contribution in [0.15, 0.2) is 30.3 Å². The average molecular weight is 301 g/mol. The summed E-state index contributed by atoms with van der Waals surface area (Å²) in [6.07, 6.45) is 0. The van der Waals surface area contributed by atoms with Gasteiger partial charge < -0.3 is 5.32 Å². The Morgan fingerprint density at radius 2 is 2.00 bits per heavy atom. The van der Waals surface area contributed by atoms with Crippen molar-refractivity contribution in [2.75, 3.05) is 5.32 Å². The largest absolute Gasteiger partial charge is 0.366 e. The van der Waals surface area contributed by atoms with Crippen LogP contribution in [0.1, 0.15) is 37.7 Å². The monoisotopic (exact) mass is 300 g/mol. The van der Waals surface area contributed by atoms with Gasteiger partial charge in [0.15, 0.2) is 0 Å². The van der Waals surface area contributed by atoms with Gasteiger partial charge in [0.25, 0.3) is 0 Å². The summed E-state index contributed by atoms with van der Waals surface area (Å²) in [5.41, 5.74) is 1.49. The van der Waals surface area contributed by atoms with Crippen LogP contribution in [0.2, 0.25) is 5.15 Å². The summed E-state index contributed by atoms with van der Waals surface area (Å²) in [4.78, 5) is 8.75. The second-order valence-electron chi connectivity index (χ2n) is 5.82. The molecule has 2 rings (SSSR count). The van der Waals surface area contributed by atoms with Gasteiger partial charge in [0.1, 0.15) is 16.8 Å². The third-order valence-electron chi connectivity index (χ3n) is 2.90. The number of hydrogen-bond acceptors (Lipinski definition) is 4. The normalized spacial score (nSPS) is 11.0. The highest BCUT2D eigenvalue weighted by molar-refractivity contribution is 6.29. The second kappa shape index (κ2) is 6.11. The maximum Gasteiger partial charge on any atom is 0.137 e. The molecule has 0 fully saturated rings. The Morgan fingerprint density at radius 1 is 1.24 bits per heavy atom. The van der Waals surface area contributed by atoms with E-state index in [0.717, 1.165) is 5.56 Å². The minimum Gasteiger partial charge on any atom is -0.366 e. The van der Waals surface area contributed by atoms with Crippen molar-refractivity contribution in [2.45, 2.75) is 32.7 Å². The number of rotatable bonds is 3. The van der Waals surface area contributed by atoms with Crippen molar-refractivity contribution in [2.24, 2.45) is 0 Å². The summed E-state index contributed by atoms with van der Waals surface area (Å²) in [7, 11) is 0. The number of nitrogens with zero attached hydrogens (tertiary/aromatic N) is 3. The molecule has 0 radical (unpaired) electrons. The molecule has 0 spiro atoms.